The standard InChI is InChI=1S/C17H20ClNO/c1-12-9-16(18)10-13(2)17(12)20-11-15-6-4-3-5-14(15)7-8-19/h3-6,9-10H,7-8,11,19H2,1-2H3. The molecule has 3 heteroatoms. The molecule has 2 nitrogen and oxygen atoms in total. The average molecular weight is 290 g/mol. The molecule has 0 aromatic heterocycles. The zero-order valence-corrected chi connectivity index (χ0v) is 12.7. The highest BCUT2D eigenvalue weighted by atomic mass is 35.5. The molecule has 0 amide bonds. The van der Waals surface area contributed by atoms with Crippen molar-refractivity contribution in [3.8, 4) is 5.75 Å². The van der Waals surface area contributed by atoms with Crippen molar-refractivity contribution in [1.29, 1.82) is 0 Å². The van der Waals surface area contributed by atoms with Gasteiger partial charge < -0.3 is 10.5 Å². The van der Waals surface area contributed by atoms with Gasteiger partial charge in [-0.1, -0.05) is 35.9 Å². The average Bonchev–Trinajstić information content (AvgIpc) is 2.39. The summed E-state index contributed by atoms with van der Waals surface area (Å²) < 4.78 is 6.00. The number of aryl methyl sites for hydroxylation is 2. The molecule has 0 heterocycles. The van der Waals surface area contributed by atoms with Gasteiger partial charge in [0.1, 0.15) is 12.4 Å². The molecule has 0 aliphatic carbocycles. The van der Waals surface area contributed by atoms with Crippen LogP contribution in [0.5, 0.6) is 5.75 Å². The molecule has 0 aliphatic heterocycles. The number of rotatable bonds is 5. The Morgan fingerprint density at radius 1 is 1.05 bits per heavy atom. The molecule has 106 valence electrons. The second kappa shape index (κ2) is 6.78. The highest BCUT2D eigenvalue weighted by Crippen LogP contribution is 2.28. The van der Waals surface area contributed by atoms with Gasteiger partial charge in [0.15, 0.2) is 0 Å². The summed E-state index contributed by atoms with van der Waals surface area (Å²) >= 11 is 6.04. The van der Waals surface area contributed by atoms with Gasteiger partial charge in [-0.15, -0.1) is 0 Å². The maximum atomic E-state index is 6.04. The molecule has 20 heavy (non-hydrogen) atoms. The van der Waals surface area contributed by atoms with Crippen molar-refractivity contribution in [3.05, 3.63) is 63.7 Å². The third-order valence-electron chi connectivity index (χ3n) is 3.33. The maximum absolute atomic E-state index is 6.04. The second-order valence-electron chi connectivity index (χ2n) is 4.96. The molecule has 0 spiro atoms. The molecular weight excluding hydrogens is 270 g/mol. The number of halogens is 1. The lowest BCUT2D eigenvalue weighted by molar-refractivity contribution is 0.301. The van der Waals surface area contributed by atoms with Crippen LogP contribution < -0.4 is 10.5 Å². The van der Waals surface area contributed by atoms with Gasteiger partial charge >= 0.3 is 0 Å². The van der Waals surface area contributed by atoms with E-state index < -0.39 is 0 Å². The predicted octanol–water partition coefficient (Wildman–Crippen LogP) is 4.04. The Balaban J connectivity index is 2.17. The van der Waals surface area contributed by atoms with E-state index in [1.807, 2.05) is 38.1 Å². The van der Waals surface area contributed by atoms with Crippen LogP contribution in [0.25, 0.3) is 0 Å². The molecule has 0 atom stereocenters. The highest BCUT2D eigenvalue weighted by Gasteiger charge is 2.07. The van der Waals surface area contributed by atoms with Crippen LogP contribution in [-0.4, -0.2) is 6.54 Å². The van der Waals surface area contributed by atoms with E-state index in [1.165, 1.54) is 11.1 Å². The highest BCUT2D eigenvalue weighted by molar-refractivity contribution is 6.30. The lowest BCUT2D eigenvalue weighted by Crippen LogP contribution is -2.07. The number of hydrogen-bond donors (Lipinski definition) is 1. The fourth-order valence-corrected chi connectivity index (χ4v) is 2.70. The van der Waals surface area contributed by atoms with Crippen LogP contribution in [0.1, 0.15) is 22.3 Å². The number of benzene rings is 2. The molecule has 0 bridgehead atoms. The molecule has 2 rings (SSSR count). The third kappa shape index (κ3) is 3.53. The van der Waals surface area contributed by atoms with Crippen molar-refractivity contribution in [2.24, 2.45) is 5.73 Å². The van der Waals surface area contributed by atoms with E-state index in [1.54, 1.807) is 0 Å². The largest absolute Gasteiger partial charge is 0.488 e. The van der Waals surface area contributed by atoms with E-state index in [9.17, 15) is 0 Å². The Morgan fingerprint density at radius 3 is 2.25 bits per heavy atom. The quantitative estimate of drug-likeness (QED) is 0.902. The van der Waals surface area contributed by atoms with Crippen LogP contribution in [0, 0.1) is 13.8 Å². The molecule has 2 aromatic rings. The van der Waals surface area contributed by atoms with Crippen molar-refractivity contribution in [3.63, 3.8) is 0 Å². The summed E-state index contributed by atoms with van der Waals surface area (Å²) in [4.78, 5) is 0. The van der Waals surface area contributed by atoms with Gasteiger partial charge in [0.05, 0.1) is 0 Å². The Labute approximate surface area is 125 Å². The Morgan fingerprint density at radius 2 is 1.65 bits per heavy atom. The smallest absolute Gasteiger partial charge is 0.125 e. The first-order valence-corrected chi connectivity index (χ1v) is 7.16. The summed E-state index contributed by atoms with van der Waals surface area (Å²) in [5.41, 5.74) is 10.2. The van der Waals surface area contributed by atoms with Crippen molar-refractivity contribution in [1.82, 2.24) is 0 Å². The van der Waals surface area contributed by atoms with E-state index in [0.29, 0.717) is 13.2 Å². The van der Waals surface area contributed by atoms with E-state index in [-0.39, 0.29) is 0 Å². The number of nitrogens with two attached hydrogens (primary N) is 1. The topological polar surface area (TPSA) is 35.2 Å². The van der Waals surface area contributed by atoms with Crippen LogP contribution in [0.3, 0.4) is 0 Å². The first-order chi connectivity index (χ1) is 9.61. The molecule has 0 fully saturated rings. The van der Waals surface area contributed by atoms with Crippen LogP contribution in [0.15, 0.2) is 36.4 Å². The molecule has 0 aliphatic rings. The van der Waals surface area contributed by atoms with E-state index >= 15 is 0 Å². The van der Waals surface area contributed by atoms with Crippen LogP contribution in [0.4, 0.5) is 0 Å². The Kier molecular flexibility index (Phi) is 5.05. The lowest BCUT2D eigenvalue weighted by Gasteiger charge is -2.14. The van der Waals surface area contributed by atoms with Crippen LogP contribution >= 0.6 is 11.6 Å². The molecule has 0 radical (unpaired) electrons. The minimum Gasteiger partial charge on any atom is -0.488 e. The first kappa shape index (κ1) is 14.9. The first-order valence-electron chi connectivity index (χ1n) is 6.78. The van der Waals surface area contributed by atoms with Gasteiger partial charge in [-0.05, 0) is 61.2 Å². The van der Waals surface area contributed by atoms with Gasteiger partial charge in [-0.25, -0.2) is 0 Å². The molecule has 2 N–H and O–H groups in total. The second-order valence-corrected chi connectivity index (χ2v) is 5.40. The van der Waals surface area contributed by atoms with Crippen molar-refractivity contribution >= 4 is 11.6 Å². The summed E-state index contributed by atoms with van der Waals surface area (Å²) in [6.45, 7) is 5.23. The third-order valence-corrected chi connectivity index (χ3v) is 3.55. The van der Waals surface area contributed by atoms with Gasteiger partial charge in [0.2, 0.25) is 0 Å². The van der Waals surface area contributed by atoms with Crippen molar-refractivity contribution < 1.29 is 4.74 Å². The van der Waals surface area contributed by atoms with E-state index in [0.717, 1.165) is 28.3 Å². The lowest BCUT2D eigenvalue weighted by atomic mass is 10.1. The monoisotopic (exact) mass is 289 g/mol. The summed E-state index contributed by atoms with van der Waals surface area (Å²) in [6.07, 6.45) is 0.873. The maximum Gasteiger partial charge on any atom is 0.125 e. The number of hydrogen-bond acceptors (Lipinski definition) is 2. The van der Waals surface area contributed by atoms with E-state index in [2.05, 4.69) is 12.1 Å². The Hall–Kier alpha value is -1.51. The van der Waals surface area contributed by atoms with Gasteiger partial charge in [0, 0.05) is 5.02 Å². The number of ether oxygens (including phenoxy) is 1. The molecule has 0 saturated heterocycles. The minimum absolute atomic E-state index is 0.555. The summed E-state index contributed by atoms with van der Waals surface area (Å²) in [5, 5.41) is 0.746. The van der Waals surface area contributed by atoms with Gasteiger partial charge in [-0.3, -0.25) is 0 Å². The van der Waals surface area contributed by atoms with Crippen LogP contribution in [0.2, 0.25) is 5.02 Å². The van der Waals surface area contributed by atoms with Crippen LogP contribution in [-0.2, 0) is 13.0 Å². The van der Waals surface area contributed by atoms with Crippen molar-refractivity contribution in [2.45, 2.75) is 26.9 Å². The normalized spacial score (nSPS) is 10.6. The molecule has 0 unspecified atom stereocenters. The zero-order valence-electron chi connectivity index (χ0n) is 11.9. The fourth-order valence-electron chi connectivity index (χ4n) is 2.37. The molecular formula is C17H20ClNO. The molecule has 2 aromatic carbocycles. The fraction of sp³-hybridized carbons (Fsp3) is 0.294. The molecule has 0 saturated carbocycles. The van der Waals surface area contributed by atoms with Gasteiger partial charge in [0.25, 0.3) is 0 Å². The van der Waals surface area contributed by atoms with Gasteiger partial charge in [-0.2, -0.15) is 0 Å². The summed E-state index contributed by atoms with van der Waals surface area (Å²) in [6, 6.07) is 12.1. The Bertz CT molecular complexity index is 572. The minimum atomic E-state index is 0.555. The van der Waals surface area contributed by atoms with Crippen molar-refractivity contribution in [2.75, 3.05) is 6.54 Å². The zero-order chi connectivity index (χ0) is 14.5. The summed E-state index contributed by atoms with van der Waals surface area (Å²) in [7, 11) is 0. The SMILES string of the molecule is Cc1cc(Cl)cc(C)c1OCc1ccccc1CCN. The summed E-state index contributed by atoms with van der Waals surface area (Å²) in [5.74, 6) is 0.914. The van der Waals surface area contributed by atoms with E-state index in [4.69, 9.17) is 22.1 Å². The predicted molar refractivity (Wildman–Crippen MR) is 84.5 cm³/mol.